The molecule has 0 saturated heterocycles. The van der Waals surface area contributed by atoms with Gasteiger partial charge in [-0.2, -0.15) is 0 Å². The Morgan fingerprint density at radius 1 is 1.35 bits per heavy atom. The van der Waals surface area contributed by atoms with E-state index < -0.39 is 27.9 Å². The molecule has 0 bridgehead atoms. The molecule has 2 N–H and O–H groups in total. The van der Waals surface area contributed by atoms with Crippen molar-refractivity contribution in [3.05, 3.63) is 35.6 Å². The smallest absolute Gasteiger partial charge is 0.304 e. The van der Waals surface area contributed by atoms with Gasteiger partial charge < -0.3 is 5.11 Å². The quantitative estimate of drug-likeness (QED) is 0.799. The summed E-state index contributed by atoms with van der Waals surface area (Å²) in [5.74, 6) is -1.63. The second-order valence-corrected chi connectivity index (χ2v) is 6.80. The van der Waals surface area contributed by atoms with E-state index in [0.717, 1.165) is 12.8 Å². The van der Waals surface area contributed by atoms with Crippen LogP contribution in [0.2, 0.25) is 0 Å². The van der Waals surface area contributed by atoms with Crippen LogP contribution in [-0.2, 0) is 20.6 Å². The number of rotatable bonds is 7. The Bertz CT molecular complexity index is 581. The first-order chi connectivity index (χ1) is 9.35. The molecule has 1 aliphatic carbocycles. The number of carboxylic acids is 1. The van der Waals surface area contributed by atoms with Crippen LogP contribution >= 0.6 is 0 Å². The van der Waals surface area contributed by atoms with Crippen LogP contribution < -0.4 is 4.72 Å². The average Bonchev–Trinajstić information content (AvgIpc) is 3.14. The van der Waals surface area contributed by atoms with Gasteiger partial charge in [0.25, 0.3) is 0 Å². The van der Waals surface area contributed by atoms with Crippen molar-refractivity contribution in [1.29, 1.82) is 0 Å². The molecular weight excluding hydrogens is 285 g/mol. The van der Waals surface area contributed by atoms with E-state index in [1.54, 1.807) is 0 Å². The minimum absolute atomic E-state index is 0.106. The van der Waals surface area contributed by atoms with Crippen molar-refractivity contribution in [2.45, 2.75) is 31.1 Å². The van der Waals surface area contributed by atoms with E-state index in [-0.39, 0.29) is 18.1 Å². The highest BCUT2D eigenvalue weighted by molar-refractivity contribution is 7.88. The van der Waals surface area contributed by atoms with Crippen molar-refractivity contribution in [1.82, 2.24) is 4.72 Å². The Hall–Kier alpha value is -1.47. The van der Waals surface area contributed by atoms with Gasteiger partial charge in [0.2, 0.25) is 10.0 Å². The lowest BCUT2D eigenvalue weighted by Gasteiger charge is -2.16. The molecule has 20 heavy (non-hydrogen) atoms. The summed E-state index contributed by atoms with van der Waals surface area (Å²) in [6.07, 6.45) is 1.47. The summed E-state index contributed by atoms with van der Waals surface area (Å²) >= 11 is 0. The van der Waals surface area contributed by atoms with Crippen molar-refractivity contribution in [3.63, 3.8) is 0 Å². The SMILES string of the molecule is O=C(O)CC(NS(=O)(=O)Cc1ccc(F)cc1)C1CC1. The molecule has 7 heteroatoms. The van der Waals surface area contributed by atoms with Crippen molar-refractivity contribution in [2.75, 3.05) is 0 Å². The molecule has 0 radical (unpaired) electrons. The van der Waals surface area contributed by atoms with Gasteiger partial charge in [-0.05, 0) is 36.5 Å². The molecule has 1 fully saturated rings. The summed E-state index contributed by atoms with van der Waals surface area (Å²) in [7, 11) is -3.63. The van der Waals surface area contributed by atoms with Crippen LogP contribution in [0.1, 0.15) is 24.8 Å². The largest absolute Gasteiger partial charge is 0.481 e. The summed E-state index contributed by atoms with van der Waals surface area (Å²) in [4.78, 5) is 10.7. The third-order valence-corrected chi connectivity index (χ3v) is 4.56. The first-order valence-electron chi connectivity index (χ1n) is 6.32. The fourth-order valence-electron chi connectivity index (χ4n) is 2.06. The fourth-order valence-corrected chi connectivity index (χ4v) is 3.52. The molecule has 0 heterocycles. The van der Waals surface area contributed by atoms with Crippen molar-refractivity contribution in [3.8, 4) is 0 Å². The van der Waals surface area contributed by atoms with Crippen molar-refractivity contribution in [2.24, 2.45) is 5.92 Å². The summed E-state index contributed by atoms with van der Waals surface area (Å²) in [6, 6.07) is 4.63. The molecule has 110 valence electrons. The molecule has 2 rings (SSSR count). The summed E-state index contributed by atoms with van der Waals surface area (Å²) < 4.78 is 39.2. The normalized spacial score (nSPS) is 16.9. The van der Waals surface area contributed by atoms with Gasteiger partial charge in [-0.3, -0.25) is 4.79 Å². The highest BCUT2D eigenvalue weighted by Gasteiger charge is 2.35. The van der Waals surface area contributed by atoms with Gasteiger partial charge >= 0.3 is 5.97 Å². The van der Waals surface area contributed by atoms with Crippen LogP contribution in [0.3, 0.4) is 0 Å². The minimum atomic E-state index is -3.63. The number of sulfonamides is 1. The molecular formula is C13H16FNO4S. The third kappa shape index (κ3) is 4.57. The van der Waals surface area contributed by atoms with Crippen LogP contribution in [0.5, 0.6) is 0 Å². The number of hydrogen-bond acceptors (Lipinski definition) is 3. The average molecular weight is 301 g/mol. The van der Waals surface area contributed by atoms with Gasteiger partial charge in [0.1, 0.15) is 5.82 Å². The van der Waals surface area contributed by atoms with Gasteiger partial charge in [0, 0.05) is 6.04 Å². The van der Waals surface area contributed by atoms with E-state index in [9.17, 15) is 17.6 Å². The summed E-state index contributed by atoms with van der Waals surface area (Å²) in [5, 5.41) is 8.80. The van der Waals surface area contributed by atoms with Gasteiger partial charge in [-0.1, -0.05) is 12.1 Å². The first-order valence-corrected chi connectivity index (χ1v) is 7.97. The van der Waals surface area contributed by atoms with Gasteiger partial charge in [0.15, 0.2) is 0 Å². The number of benzene rings is 1. The van der Waals surface area contributed by atoms with Gasteiger partial charge in [0.05, 0.1) is 12.2 Å². The lowest BCUT2D eigenvalue weighted by atomic mass is 10.1. The minimum Gasteiger partial charge on any atom is -0.481 e. The number of nitrogens with one attached hydrogen (secondary N) is 1. The number of carbonyl (C=O) groups is 1. The first kappa shape index (κ1) is 14.9. The number of hydrogen-bond donors (Lipinski definition) is 2. The highest BCUT2D eigenvalue weighted by Crippen LogP contribution is 2.34. The number of carboxylic acid groups (broad SMARTS) is 1. The lowest BCUT2D eigenvalue weighted by molar-refractivity contribution is -0.137. The fraction of sp³-hybridized carbons (Fsp3) is 0.462. The molecule has 1 saturated carbocycles. The molecule has 1 aromatic rings. The number of halogens is 1. The maximum Gasteiger partial charge on any atom is 0.304 e. The van der Waals surface area contributed by atoms with E-state index in [1.165, 1.54) is 24.3 Å². The summed E-state index contributed by atoms with van der Waals surface area (Å²) in [6.45, 7) is 0. The second-order valence-electron chi connectivity index (χ2n) is 5.05. The molecule has 1 aliphatic rings. The Morgan fingerprint density at radius 2 is 1.95 bits per heavy atom. The molecule has 0 aliphatic heterocycles. The molecule has 1 aromatic carbocycles. The topological polar surface area (TPSA) is 83.5 Å². The second kappa shape index (κ2) is 5.88. The summed E-state index contributed by atoms with van der Waals surface area (Å²) in [5.41, 5.74) is 0.462. The Labute approximate surface area is 116 Å². The maximum absolute atomic E-state index is 12.8. The molecule has 1 atom stereocenters. The van der Waals surface area contributed by atoms with Crippen LogP contribution in [0.15, 0.2) is 24.3 Å². The lowest BCUT2D eigenvalue weighted by Crippen LogP contribution is -2.38. The van der Waals surface area contributed by atoms with Gasteiger partial charge in [-0.15, -0.1) is 0 Å². The standard InChI is InChI=1S/C13H16FNO4S/c14-11-5-1-9(2-6-11)8-20(18,19)15-12(7-13(16)17)10-3-4-10/h1-2,5-6,10,12,15H,3-4,7-8H2,(H,16,17). The molecule has 0 amide bonds. The molecule has 1 unspecified atom stereocenters. The molecule has 0 spiro atoms. The van der Waals surface area contributed by atoms with Crippen LogP contribution in [0.25, 0.3) is 0 Å². The highest BCUT2D eigenvalue weighted by atomic mass is 32.2. The van der Waals surface area contributed by atoms with E-state index >= 15 is 0 Å². The van der Waals surface area contributed by atoms with E-state index in [2.05, 4.69) is 4.72 Å². The van der Waals surface area contributed by atoms with Crippen LogP contribution in [0.4, 0.5) is 4.39 Å². The Kier molecular flexibility index (Phi) is 4.39. The monoisotopic (exact) mass is 301 g/mol. The zero-order valence-electron chi connectivity index (χ0n) is 10.8. The molecule has 5 nitrogen and oxygen atoms in total. The number of aliphatic carboxylic acids is 1. The van der Waals surface area contributed by atoms with E-state index in [4.69, 9.17) is 5.11 Å². The van der Waals surface area contributed by atoms with Crippen molar-refractivity contribution >= 4 is 16.0 Å². The van der Waals surface area contributed by atoms with Crippen LogP contribution in [-0.4, -0.2) is 25.5 Å². The maximum atomic E-state index is 12.8. The predicted octanol–water partition coefficient (Wildman–Crippen LogP) is 1.50. The third-order valence-electron chi connectivity index (χ3n) is 3.19. The van der Waals surface area contributed by atoms with Gasteiger partial charge in [-0.25, -0.2) is 17.5 Å². The van der Waals surface area contributed by atoms with Crippen molar-refractivity contribution < 1.29 is 22.7 Å². The Morgan fingerprint density at radius 3 is 2.45 bits per heavy atom. The van der Waals surface area contributed by atoms with E-state index in [1.807, 2.05) is 0 Å². The van der Waals surface area contributed by atoms with Crippen LogP contribution in [0, 0.1) is 11.7 Å². The zero-order chi connectivity index (χ0) is 14.8. The predicted molar refractivity (Wildman–Crippen MR) is 70.9 cm³/mol. The zero-order valence-corrected chi connectivity index (χ0v) is 11.6. The Balaban J connectivity index is 2.01. The van der Waals surface area contributed by atoms with E-state index in [0.29, 0.717) is 5.56 Å². The molecule has 0 aromatic heterocycles.